The van der Waals surface area contributed by atoms with E-state index >= 15 is 0 Å². The number of nitrogens with one attached hydrogen (secondary N) is 1. The molecule has 0 heterocycles. The third-order valence-electron chi connectivity index (χ3n) is 0.990. The number of hydrogen-bond donors (Lipinski definition) is 1. The van der Waals surface area contributed by atoms with Crippen molar-refractivity contribution in [2.45, 2.75) is 20.3 Å². The first-order valence-electron chi connectivity index (χ1n) is 3.30. The van der Waals surface area contributed by atoms with Crippen LogP contribution in [-0.2, 0) is 0 Å². The molecule has 0 spiro atoms. The van der Waals surface area contributed by atoms with Crippen molar-refractivity contribution in [2.75, 3.05) is 6.54 Å². The zero-order valence-electron chi connectivity index (χ0n) is 6.09. The molecule has 0 aromatic carbocycles. The van der Waals surface area contributed by atoms with E-state index in [1.165, 1.54) is 6.21 Å². The summed E-state index contributed by atoms with van der Waals surface area (Å²) in [4.78, 5) is 4.08. The largest absolute Gasteiger partial charge is 0.313 e. The van der Waals surface area contributed by atoms with Gasteiger partial charge in [-0.2, -0.15) is 0 Å². The fourth-order valence-electron chi connectivity index (χ4n) is 0.423. The molecule has 9 heavy (non-hydrogen) atoms. The van der Waals surface area contributed by atoms with Crippen molar-refractivity contribution >= 4 is 12.4 Å². The fraction of sp³-hybridized carbons (Fsp3) is 0.714. The second kappa shape index (κ2) is 5.48. The molecule has 0 amide bonds. The summed E-state index contributed by atoms with van der Waals surface area (Å²) in [5.41, 5.74) is 0. The summed E-state index contributed by atoms with van der Waals surface area (Å²) in [6.07, 6.45) is 4.30. The lowest BCUT2D eigenvalue weighted by Gasteiger charge is -1.95. The lowest BCUT2D eigenvalue weighted by molar-refractivity contribution is 0.797. The SMILES string of the molecule is CC/C=N\CC(C)C=N. The molecule has 1 unspecified atom stereocenters. The highest BCUT2D eigenvalue weighted by Gasteiger charge is 1.90. The number of hydrogen-bond acceptors (Lipinski definition) is 2. The molecular formula is C7H14N2. The van der Waals surface area contributed by atoms with Crippen LogP contribution in [0.1, 0.15) is 20.3 Å². The van der Waals surface area contributed by atoms with E-state index < -0.39 is 0 Å². The Labute approximate surface area is 56.5 Å². The average molecular weight is 126 g/mol. The Morgan fingerprint density at radius 1 is 1.67 bits per heavy atom. The summed E-state index contributed by atoms with van der Waals surface area (Å²) in [5, 5.41) is 6.85. The molecule has 2 nitrogen and oxygen atoms in total. The van der Waals surface area contributed by atoms with Crippen molar-refractivity contribution in [2.24, 2.45) is 10.9 Å². The van der Waals surface area contributed by atoms with Gasteiger partial charge in [-0.1, -0.05) is 13.8 Å². The zero-order valence-corrected chi connectivity index (χ0v) is 6.09. The summed E-state index contributed by atoms with van der Waals surface area (Å²) in [6, 6.07) is 0. The minimum absolute atomic E-state index is 0.299. The predicted molar refractivity (Wildman–Crippen MR) is 41.6 cm³/mol. The van der Waals surface area contributed by atoms with Crippen LogP contribution in [0.15, 0.2) is 4.99 Å². The van der Waals surface area contributed by atoms with Gasteiger partial charge in [-0.15, -0.1) is 0 Å². The Balaban J connectivity index is 3.25. The van der Waals surface area contributed by atoms with E-state index in [1.807, 2.05) is 13.1 Å². The molecule has 0 aliphatic rings. The van der Waals surface area contributed by atoms with Gasteiger partial charge < -0.3 is 5.41 Å². The maximum Gasteiger partial charge on any atom is 0.0460 e. The van der Waals surface area contributed by atoms with E-state index in [0.29, 0.717) is 5.92 Å². The van der Waals surface area contributed by atoms with E-state index in [-0.39, 0.29) is 0 Å². The Morgan fingerprint density at radius 2 is 2.33 bits per heavy atom. The van der Waals surface area contributed by atoms with Crippen LogP contribution in [0.4, 0.5) is 0 Å². The van der Waals surface area contributed by atoms with Crippen LogP contribution in [0.25, 0.3) is 0 Å². The Bertz CT molecular complexity index is 97.1. The molecule has 0 bridgehead atoms. The number of aliphatic imine (C=N–C) groups is 1. The van der Waals surface area contributed by atoms with Gasteiger partial charge in [0.1, 0.15) is 0 Å². The zero-order chi connectivity index (χ0) is 7.11. The van der Waals surface area contributed by atoms with Gasteiger partial charge >= 0.3 is 0 Å². The van der Waals surface area contributed by atoms with E-state index in [1.54, 1.807) is 0 Å². The van der Waals surface area contributed by atoms with Crippen LogP contribution in [0.5, 0.6) is 0 Å². The number of nitrogens with zero attached hydrogens (tertiary/aromatic N) is 1. The molecule has 52 valence electrons. The minimum atomic E-state index is 0.299. The van der Waals surface area contributed by atoms with Gasteiger partial charge in [0, 0.05) is 12.5 Å². The first kappa shape index (κ1) is 8.34. The third-order valence-corrected chi connectivity index (χ3v) is 0.990. The molecular weight excluding hydrogens is 112 g/mol. The van der Waals surface area contributed by atoms with Crippen molar-refractivity contribution in [3.63, 3.8) is 0 Å². The van der Waals surface area contributed by atoms with Crippen LogP contribution in [0, 0.1) is 11.3 Å². The Morgan fingerprint density at radius 3 is 2.78 bits per heavy atom. The molecule has 0 aliphatic heterocycles. The van der Waals surface area contributed by atoms with Gasteiger partial charge in [0.2, 0.25) is 0 Å². The van der Waals surface area contributed by atoms with Crippen molar-refractivity contribution in [1.82, 2.24) is 0 Å². The van der Waals surface area contributed by atoms with Crippen LogP contribution < -0.4 is 0 Å². The van der Waals surface area contributed by atoms with E-state index in [4.69, 9.17) is 5.41 Å². The predicted octanol–water partition coefficient (Wildman–Crippen LogP) is 1.75. The fourth-order valence-corrected chi connectivity index (χ4v) is 0.423. The Kier molecular flexibility index (Phi) is 5.07. The molecule has 1 N–H and O–H groups in total. The first-order valence-corrected chi connectivity index (χ1v) is 3.30. The monoisotopic (exact) mass is 126 g/mol. The molecule has 0 aliphatic carbocycles. The summed E-state index contributed by atoms with van der Waals surface area (Å²) >= 11 is 0. The lowest BCUT2D eigenvalue weighted by Crippen LogP contribution is -1.98. The molecule has 1 atom stereocenters. The average Bonchev–Trinajstić information content (AvgIpc) is 1.89. The first-order chi connectivity index (χ1) is 4.31. The highest BCUT2D eigenvalue weighted by molar-refractivity contribution is 5.59. The smallest absolute Gasteiger partial charge is 0.0460 e. The van der Waals surface area contributed by atoms with Gasteiger partial charge in [-0.05, 0) is 18.9 Å². The van der Waals surface area contributed by atoms with Crippen molar-refractivity contribution in [1.29, 1.82) is 5.41 Å². The maximum absolute atomic E-state index is 6.85. The highest BCUT2D eigenvalue weighted by Crippen LogP contribution is 1.88. The number of rotatable bonds is 4. The molecule has 0 fully saturated rings. The molecule has 0 aromatic rings. The van der Waals surface area contributed by atoms with E-state index in [0.717, 1.165) is 13.0 Å². The van der Waals surface area contributed by atoms with Crippen LogP contribution in [0.2, 0.25) is 0 Å². The molecule has 0 aromatic heterocycles. The topological polar surface area (TPSA) is 36.2 Å². The van der Waals surface area contributed by atoms with Crippen LogP contribution >= 0.6 is 0 Å². The van der Waals surface area contributed by atoms with Gasteiger partial charge in [0.15, 0.2) is 0 Å². The van der Waals surface area contributed by atoms with Crippen molar-refractivity contribution < 1.29 is 0 Å². The summed E-state index contributed by atoms with van der Waals surface area (Å²) < 4.78 is 0. The molecule has 0 rings (SSSR count). The normalized spacial score (nSPS) is 14.0. The van der Waals surface area contributed by atoms with Crippen LogP contribution in [0.3, 0.4) is 0 Å². The maximum atomic E-state index is 6.85. The quantitative estimate of drug-likeness (QED) is 0.557. The van der Waals surface area contributed by atoms with E-state index in [2.05, 4.69) is 11.9 Å². The van der Waals surface area contributed by atoms with Gasteiger partial charge in [0.25, 0.3) is 0 Å². The third kappa shape index (κ3) is 5.21. The lowest BCUT2D eigenvalue weighted by atomic mass is 10.2. The second-order valence-corrected chi connectivity index (χ2v) is 2.10. The van der Waals surface area contributed by atoms with Crippen molar-refractivity contribution in [3.05, 3.63) is 0 Å². The standard InChI is InChI=1S/C7H14N2/c1-3-4-9-6-7(2)5-8/h4-5,7-8H,3,6H2,1-2H3/b8-5?,9-4-. The van der Waals surface area contributed by atoms with Crippen LogP contribution in [-0.4, -0.2) is 19.0 Å². The Hall–Kier alpha value is -0.660. The molecule has 0 saturated heterocycles. The molecule has 0 radical (unpaired) electrons. The summed E-state index contributed by atoms with van der Waals surface area (Å²) in [6.45, 7) is 4.80. The summed E-state index contributed by atoms with van der Waals surface area (Å²) in [7, 11) is 0. The van der Waals surface area contributed by atoms with Gasteiger partial charge in [0.05, 0.1) is 0 Å². The second-order valence-electron chi connectivity index (χ2n) is 2.10. The van der Waals surface area contributed by atoms with E-state index in [9.17, 15) is 0 Å². The van der Waals surface area contributed by atoms with Gasteiger partial charge in [-0.25, -0.2) is 0 Å². The summed E-state index contributed by atoms with van der Waals surface area (Å²) in [5.74, 6) is 0.299. The van der Waals surface area contributed by atoms with Gasteiger partial charge in [-0.3, -0.25) is 4.99 Å². The highest BCUT2D eigenvalue weighted by atomic mass is 14.7. The van der Waals surface area contributed by atoms with Crippen molar-refractivity contribution in [3.8, 4) is 0 Å². The minimum Gasteiger partial charge on any atom is -0.313 e. The molecule has 2 heteroatoms. The molecule has 0 saturated carbocycles.